The number of aromatic nitrogens is 3. The molecule has 1 aliphatic rings. The van der Waals surface area contributed by atoms with E-state index in [0.717, 1.165) is 38.2 Å². The molecule has 2 aromatic rings. The smallest absolute Gasteiger partial charge is 0.255 e. The molecule has 9 heteroatoms. The van der Waals surface area contributed by atoms with Crippen molar-refractivity contribution in [2.24, 2.45) is 5.92 Å². The van der Waals surface area contributed by atoms with E-state index in [4.69, 9.17) is 5.26 Å². The van der Waals surface area contributed by atoms with Gasteiger partial charge in [0.1, 0.15) is 17.7 Å². The predicted molar refractivity (Wildman–Crippen MR) is 111 cm³/mol. The average Bonchev–Trinajstić information content (AvgIpc) is 2.73. The summed E-state index contributed by atoms with van der Waals surface area (Å²) >= 11 is 0. The third kappa shape index (κ3) is 5.86. The Morgan fingerprint density at radius 3 is 2.62 bits per heavy atom. The summed E-state index contributed by atoms with van der Waals surface area (Å²) < 4.78 is 0. The van der Waals surface area contributed by atoms with Gasteiger partial charge in [-0.3, -0.25) is 4.79 Å². The number of nitrogens with zero attached hydrogens (tertiary/aromatic N) is 4. The molecular weight excluding hydrogens is 368 g/mol. The second-order valence-electron chi connectivity index (χ2n) is 7.34. The Hall–Kier alpha value is -3.25. The Kier molecular flexibility index (Phi) is 6.92. The molecule has 0 spiro atoms. The molecule has 29 heavy (non-hydrogen) atoms. The fourth-order valence-electron chi connectivity index (χ4n) is 3.11. The highest BCUT2D eigenvalue weighted by molar-refractivity contribution is 6.00. The van der Waals surface area contributed by atoms with E-state index in [1.165, 1.54) is 12.4 Å². The van der Waals surface area contributed by atoms with Gasteiger partial charge in [-0.2, -0.15) is 5.26 Å². The fraction of sp³-hybridized carbons (Fsp3) is 0.450. The molecule has 1 amide bonds. The molecule has 0 unspecified atom stereocenters. The minimum absolute atomic E-state index is 0.0338. The first-order valence-corrected chi connectivity index (χ1v) is 9.80. The third-order valence-electron chi connectivity index (χ3n) is 4.63. The molecule has 0 aromatic carbocycles. The lowest BCUT2D eigenvalue weighted by Crippen LogP contribution is -2.32. The molecule has 2 aromatic heterocycles. The van der Waals surface area contributed by atoms with Gasteiger partial charge in [-0.1, -0.05) is 0 Å². The van der Waals surface area contributed by atoms with Crippen molar-refractivity contribution < 1.29 is 4.79 Å². The van der Waals surface area contributed by atoms with Crippen molar-refractivity contribution in [2.45, 2.75) is 32.7 Å². The Morgan fingerprint density at radius 2 is 1.97 bits per heavy atom. The zero-order chi connectivity index (χ0) is 20.6. The van der Waals surface area contributed by atoms with Crippen LogP contribution in [-0.2, 0) is 0 Å². The summed E-state index contributed by atoms with van der Waals surface area (Å²) in [6.45, 7) is 6.69. The monoisotopic (exact) mass is 394 g/mol. The second kappa shape index (κ2) is 9.80. The Labute approximate surface area is 170 Å². The molecular formula is C20H26N8O. The van der Waals surface area contributed by atoms with Gasteiger partial charge in [-0.15, -0.1) is 0 Å². The Bertz CT molecular complexity index is 869. The van der Waals surface area contributed by atoms with E-state index in [9.17, 15) is 4.79 Å². The van der Waals surface area contributed by atoms with E-state index in [-0.39, 0.29) is 17.6 Å². The van der Waals surface area contributed by atoms with Crippen LogP contribution >= 0.6 is 0 Å². The number of carbonyl (C=O) groups excluding carboxylic acids is 1. The number of nitrogens with one attached hydrogen (secondary N) is 4. The number of piperidine rings is 1. The van der Waals surface area contributed by atoms with Crippen LogP contribution in [0.4, 0.5) is 17.3 Å². The van der Waals surface area contributed by atoms with Gasteiger partial charge in [0.25, 0.3) is 5.91 Å². The molecule has 1 aliphatic heterocycles. The highest BCUT2D eigenvalue weighted by Gasteiger charge is 2.17. The molecule has 9 nitrogen and oxygen atoms in total. The number of carbonyl (C=O) groups is 1. The van der Waals surface area contributed by atoms with Gasteiger partial charge in [0, 0.05) is 24.8 Å². The van der Waals surface area contributed by atoms with Gasteiger partial charge >= 0.3 is 0 Å². The highest BCUT2D eigenvalue weighted by atomic mass is 16.1. The highest BCUT2D eigenvalue weighted by Crippen LogP contribution is 2.22. The summed E-state index contributed by atoms with van der Waals surface area (Å²) in [6.07, 6.45) is 6.64. The van der Waals surface area contributed by atoms with Crippen LogP contribution in [0, 0.1) is 17.2 Å². The van der Waals surface area contributed by atoms with Crippen LogP contribution in [0.3, 0.4) is 0 Å². The van der Waals surface area contributed by atoms with Crippen LogP contribution < -0.4 is 21.3 Å². The SMILES string of the molecule is CC(C)NC(=O)c1cnc(Nc2cnc(C#N)cn2)cc1NCC1CCNCC1. The van der Waals surface area contributed by atoms with Crippen LogP contribution in [0.15, 0.2) is 24.7 Å². The number of nitriles is 1. The standard InChI is InChI=1S/C20H26N8O/c1-13(2)27-20(29)16-11-26-18(28-19-12-23-15(8-21)10-25-19)7-17(16)24-9-14-3-5-22-6-4-14/h7,10-14,22H,3-6,9H2,1-2H3,(H,27,29)(H2,24,25,26,28). The first-order valence-electron chi connectivity index (χ1n) is 9.80. The number of anilines is 3. The van der Waals surface area contributed by atoms with E-state index in [2.05, 4.69) is 36.2 Å². The molecule has 1 fully saturated rings. The zero-order valence-electron chi connectivity index (χ0n) is 16.7. The maximum atomic E-state index is 12.6. The van der Waals surface area contributed by atoms with Crippen molar-refractivity contribution in [3.8, 4) is 6.07 Å². The van der Waals surface area contributed by atoms with E-state index < -0.39 is 0 Å². The number of hydrogen-bond donors (Lipinski definition) is 4. The molecule has 1 saturated heterocycles. The largest absolute Gasteiger partial charge is 0.384 e. The maximum Gasteiger partial charge on any atom is 0.255 e. The molecule has 3 heterocycles. The number of rotatable bonds is 7. The first-order chi connectivity index (χ1) is 14.0. The minimum atomic E-state index is -0.162. The molecule has 0 atom stereocenters. The lowest BCUT2D eigenvalue weighted by atomic mass is 9.98. The molecule has 0 radical (unpaired) electrons. The maximum absolute atomic E-state index is 12.6. The van der Waals surface area contributed by atoms with Gasteiger partial charge in [-0.05, 0) is 45.7 Å². The second-order valence-corrected chi connectivity index (χ2v) is 7.34. The summed E-state index contributed by atoms with van der Waals surface area (Å²) in [5.41, 5.74) is 1.47. The molecule has 4 N–H and O–H groups in total. The van der Waals surface area contributed by atoms with Crippen molar-refractivity contribution in [2.75, 3.05) is 30.3 Å². The Balaban J connectivity index is 1.78. The average molecular weight is 394 g/mol. The third-order valence-corrected chi connectivity index (χ3v) is 4.63. The number of pyridine rings is 1. The normalized spacial score (nSPS) is 14.3. The van der Waals surface area contributed by atoms with Crippen molar-refractivity contribution in [3.63, 3.8) is 0 Å². The summed E-state index contributed by atoms with van der Waals surface area (Å²) in [4.78, 5) is 25.1. The predicted octanol–water partition coefficient (Wildman–Crippen LogP) is 2.04. The van der Waals surface area contributed by atoms with E-state index in [1.807, 2.05) is 19.9 Å². The summed E-state index contributed by atoms with van der Waals surface area (Å²) in [7, 11) is 0. The van der Waals surface area contributed by atoms with Crippen molar-refractivity contribution >= 4 is 23.2 Å². The van der Waals surface area contributed by atoms with E-state index in [0.29, 0.717) is 23.1 Å². The minimum Gasteiger partial charge on any atom is -0.384 e. The van der Waals surface area contributed by atoms with Crippen LogP contribution in [0.25, 0.3) is 0 Å². The quantitative estimate of drug-likeness (QED) is 0.562. The summed E-state index contributed by atoms with van der Waals surface area (Å²) in [5.74, 6) is 1.41. The molecule has 0 aliphatic carbocycles. The molecule has 152 valence electrons. The van der Waals surface area contributed by atoms with Gasteiger partial charge in [0.2, 0.25) is 0 Å². The fourth-order valence-corrected chi connectivity index (χ4v) is 3.11. The van der Waals surface area contributed by atoms with Crippen molar-refractivity contribution in [1.82, 2.24) is 25.6 Å². The van der Waals surface area contributed by atoms with Gasteiger partial charge < -0.3 is 21.3 Å². The van der Waals surface area contributed by atoms with Gasteiger partial charge in [0.05, 0.1) is 23.6 Å². The lowest BCUT2D eigenvalue weighted by Gasteiger charge is -2.24. The lowest BCUT2D eigenvalue weighted by molar-refractivity contribution is 0.0943. The number of amides is 1. The first kappa shape index (κ1) is 20.5. The number of hydrogen-bond acceptors (Lipinski definition) is 8. The Morgan fingerprint density at radius 1 is 1.21 bits per heavy atom. The zero-order valence-corrected chi connectivity index (χ0v) is 16.7. The summed E-state index contributed by atoms with van der Waals surface area (Å²) in [6, 6.07) is 3.77. The summed E-state index contributed by atoms with van der Waals surface area (Å²) in [5, 5.41) is 21.6. The van der Waals surface area contributed by atoms with Crippen LogP contribution in [-0.4, -0.2) is 46.5 Å². The molecule has 3 rings (SSSR count). The van der Waals surface area contributed by atoms with Gasteiger partial charge in [-0.25, -0.2) is 15.0 Å². The van der Waals surface area contributed by atoms with E-state index in [1.54, 1.807) is 12.3 Å². The topological polar surface area (TPSA) is 128 Å². The van der Waals surface area contributed by atoms with Crippen molar-refractivity contribution in [3.05, 3.63) is 35.9 Å². The van der Waals surface area contributed by atoms with Gasteiger partial charge in [0.15, 0.2) is 5.69 Å². The molecule has 0 bridgehead atoms. The van der Waals surface area contributed by atoms with E-state index >= 15 is 0 Å². The van der Waals surface area contributed by atoms with Crippen molar-refractivity contribution in [1.29, 1.82) is 5.26 Å². The van der Waals surface area contributed by atoms with Crippen LogP contribution in [0.2, 0.25) is 0 Å². The van der Waals surface area contributed by atoms with Crippen LogP contribution in [0.5, 0.6) is 0 Å². The molecule has 0 saturated carbocycles. The van der Waals surface area contributed by atoms with Crippen LogP contribution in [0.1, 0.15) is 42.7 Å².